The Bertz CT molecular complexity index is 1680. The third-order valence-electron chi connectivity index (χ3n) is 6.25. The zero-order chi connectivity index (χ0) is 29.9. The molecule has 0 aliphatic rings. The maximum absolute atomic E-state index is 13.3. The number of phenols is 2. The van der Waals surface area contributed by atoms with Gasteiger partial charge in [-0.05, 0) is 93.4 Å². The van der Waals surface area contributed by atoms with Crippen molar-refractivity contribution in [3.63, 3.8) is 0 Å². The largest absolute Gasteiger partial charge is 0.508 e. The Balaban J connectivity index is 1.63. The van der Waals surface area contributed by atoms with Gasteiger partial charge in [-0.1, -0.05) is 24.3 Å². The third-order valence-corrected chi connectivity index (χ3v) is 6.25. The summed E-state index contributed by atoms with van der Waals surface area (Å²) >= 11 is 0. The van der Waals surface area contributed by atoms with Gasteiger partial charge in [-0.2, -0.15) is 23.4 Å². The molecule has 2 N–H and O–H groups in total. The second kappa shape index (κ2) is 11.6. The predicted octanol–water partition coefficient (Wildman–Crippen LogP) is 3.74. The highest BCUT2D eigenvalue weighted by atomic mass is 19.4. The van der Waals surface area contributed by atoms with E-state index >= 15 is 0 Å². The molecular formula is C27H23F3N10O2. The summed E-state index contributed by atoms with van der Waals surface area (Å²) < 4.78 is 39.8. The van der Waals surface area contributed by atoms with E-state index < -0.39 is 18.5 Å². The van der Waals surface area contributed by atoms with E-state index in [0.717, 1.165) is 0 Å². The van der Waals surface area contributed by atoms with Gasteiger partial charge in [0.25, 0.3) is 0 Å². The molecule has 0 bridgehead atoms. The Morgan fingerprint density at radius 3 is 1.76 bits per heavy atom. The quantitative estimate of drug-likeness (QED) is 0.209. The molecule has 15 heteroatoms. The fourth-order valence-electron chi connectivity index (χ4n) is 4.32. The average molecular weight is 577 g/mol. The smallest absolute Gasteiger partial charge is 0.393 e. The summed E-state index contributed by atoms with van der Waals surface area (Å²) in [6.45, 7) is 3.34. The van der Waals surface area contributed by atoms with Gasteiger partial charge >= 0.3 is 6.18 Å². The van der Waals surface area contributed by atoms with Crippen molar-refractivity contribution in [1.82, 2.24) is 40.6 Å². The fraction of sp³-hybridized carbons (Fsp3) is 0.185. The van der Waals surface area contributed by atoms with E-state index in [9.17, 15) is 23.4 Å². The van der Waals surface area contributed by atoms with Crippen LogP contribution in [0.4, 0.5) is 13.2 Å². The number of tetrazole rings is 2. The number of aryl methyl sites for hydroxylation is 2. The molecule has 2 heterocycles. The molecule has 12 nitrogen and oxygen atoms in total. The number of hydrogen-bond donors (Lipinski definition) is 2. The first-order valence-corrected chi connectivity index (χ1v) is 12.5. The summed E-state index contributed by atoms with van der Waals surface area (Å²) in [6, 6.07) is 15.3. The average Bonchev–Trinajstić information content (AvgIpc) is 3.55. The molecule has 42 heavy (non-hydrogen) atoms. The fourth-order valence-corrected chi connectivity index (χ4v) is 4.32. The molecule has 0 unspecified atom stereocenters. The molecule has 0 saturated heterocycles. The van der Waals surface area contributed by atoms with Gasteiger partial charge in [0.2, 0.25) is 0 Å². The van der Waals surface area contributed by atoms with Crippen molar-refractivity contribution in [1.29, 1.82) is 0 Å². The molecule has 214 valence electrons. The van der Waals surface area contributed by atoms with Crippen LogP contribution in [0.2, 0.25) is 0 Å². The molecule has 0 aliphatic heterocycles. The van der Waals surface area contributed by atoms with E-state index in [4.69, 9.17) is 0 Å². The third kappa shape index (κ3) is 6.46. The molecule has 3 aromatic carbocycles. The molecular weight excluding hydrogens is 553 g/mol. The number of hydrogen-bond acceptors (Lipinski definition) is 10. The number of phenolic OH excluding ortho intramolecular Hbond substituents is 2. The minimum absolute atomic E-state index is 0.0303. The number of halogens is 3. The molecule has 5 aromatic rings. The maximum Gasteiger partial charge on any atom is 0.393 e. The number of aromatic hydroxyl groups is 2. The molecule has 0 saturated carbocycles. The lowest BCUT2D eigenvalue weighted by Crippen LogP contribution is -2.12. The first-order valence-electron chi connectivity index (χ1n) is 12.5. The molecule has 0 aliphatic carbocycles. The number of aromatic nitrogens is 8. The van der Waals surface area contributed by atoms with Crippen LogP contribution < -0.4 is 0 Å². The summed E-state index contributed by atoms with van der Waals surface area (Å²) in [6.07, 6.45) is -2.61. The van der Waals surface area contributed by atoms with Gasteiger partial charge in [-0.3, -0.25) is 0 Å². The summed E-state index contributed by atoms with van der Waals surface area (Å²) in [5.41, 5.74) is 2.16. The van der Waals surface area contributed by atoms with Crippen LogP contribution in [-0.2, 0) is 6.42 Å². The normalized spacial score (nSPS) is 12.9. The van der Waals surface area contributed by atoms with Gasteiger partial charge < -0.3 is 10.2 Å². The van der Waals surface area contributed by atoms with Crippen LogP contribution in [0.1, 0.15) is 50.9 Å². The first-order chi connectivity index (χ1) is 20.1. The number of benzene rings is 3. The van der Waals surface area contributed by atoms with Crippen molar-refractivity contribution in [3.05, 3.63) is 106 Å². The van der Waals surface area contributed by atoms with E-state index in [1.54, 1.807) is 44.2 Å². The van der Waals surface area contributed by atoms with Crippen LogP contribution in [0.15, 0.2) is 70.9 Å². The maximum atomic E-state index is 13.3. The van der Waals surface area contributed by atoms with Crippen molar-refractivity contribution in [3.8, 4) is 11.5 Å². The van der Waals surface area contributed by atoms with Crippen LogP contribution in [0.25, 0.3) is 0 Å². The van der Waals surface area contributed by atoms with Crippen LogP contribution in [-0.4, -0.2) is 69.5 Å². The number of nitrogens with zero attached hydrogens (tertiary/aromatic N) is 10. The van der Waals surface area contributed by atoms with Gasteiger partial charge in [0.05, 0.1) is 18.9 Å². The first kappa shape index (κ1) is 28.1. The summed E-state index contributed by atoms with van der Waals surface area (Å²) in [7, 11) is 0. The molecule has 2 aromatic heterocycles. The summed E-state index contributed by atoms with van der Waals surface area (Å²) in [5.74, 6) is -0.265. The zero-order valence-electron chi connectivity index (χ0n) is 22.2. The second-order valence-electron chi connectivity index (χ2n) is 9.33. The van der Waals surface area contributed by atoms with Crippen molar-refractivity contribution in [2.24, 2.45) is 10.2 Å². The molecule has 5 rings (SSSR count). The van der Waals surface area contributed by atoms with Crippen LogP contribution in [0.3, 0.4) is 0 Å². The van der Waals surface area contributed by atoms with E-state index in [1.165, 1.54) is 52.3 Å². The highest BCUT2D eigenvalue weighted by Gasteiger charge is 2.29. The van der Waals surface area contributed by atoms with E-state index in [0.29, 0.717) is 39.5 Å². The van der Waals surface area contributed by atoms with E-state index in [2.05, 4.69) is 41.3 Å². The highest BCUT2D eigenvalue weighted by molar-refractivity contribution is 5.82. The second-order valence-corrected chi connectivity index (χ2v) is 9.33. The molecule has 0 fully saturated rings. The van der Waals surface area contributed by atoms with Gasteiger partial charge in [0.1, 0.15) is 11.5 Å². The topological polar surface area (TPSA) is 152 Å². The lowest BCUT2D eigenvalue weighted by molar-refractivity contribution is -0.127. The lowest BCUT2D eigenvalue weighted by Gasteiger charge is -2.22. The SMILES string of the molecule is Cc1nnnn1N=Cc1ccc(O)c(C(c2cccc(CC(F)(F)F)c2)c2cc(C=Nn3nnnc3C)ccc2O)c1. The van der Waals surface area contributed by atoms with Gasteiger partial charge in [0.15, 0.2) is 11.6 Å². The van der Waals surface area contributed by atoms with E-state index in [1.807, 2.05) is 0 Å². The van der Waals surface area contributed by atoms with Gasteiger partial charge in [-0.25, -0.2) is 0 Å². The Morgan fingerprint density at radius 1 is 0.786 bits per heavy atom. The van der Waals surface area contributed by atoms with Gasteiger partial charge in [-0.15, -0.1) is 19.8 Å². The van der Waals surface area contributed by atoms with Crippen molar-refractivity contribution in [2.75, 3.05) is 0 Å². The summed E-state index contributed by atoms with van der Waals surface area (Å²) in [5, 5.41) is 52.6. The van der Waals surface area contributed by atoms with Crippen molar-refractivity contribution in [2.45, 2.75) is 32.4 Å². The Morgan fingerprint density at radius 2 is 1.31 bits per heavy atom. The minimum Gasteiger partial charge on any atom is -0.508 e. The van der Waals surface area contributed by atoms with Gasteiger partial charge in [0, 0.05) is 17.0 Å². The molecule has 0 radical (unpaired) electrons. The van der Waals surface area contributed by atoms with Crippen LogP contribution in [0, 0.1) is 13.8 Å². The molecule has 0 spiro atoms. The highest BCUT2D eigenvalue weighted by Crippen LogP contribution is 2.41. The molecule has 0 atom stereocenters. The number of rotatable bonds is 8. The Kier molecular flexibility index (Phi) is 7.73. The standard InChI is InChI=1S/C27H23F3N10O2/c1-16-33-35-37-39(16)31-14-19-6-8-24(41)22(11-19)26(21-5-3-4-18(10-21)13-27(28,29)30)23-12-20(7-9-25(23)42)15-32-40-17(2)34-36-38-40/h3-12,14-15,26,41-42H,13H2,1-2H3. The monoisotopic (exact) mass is 576 g/mol. The zero-order valence-corrected chi connectivity index (χ0v) is 22.2. The molecule has 0 amide bonds. The Labute approximate surface area is 236 Å². The van der Waals surface area contributed by atoms with Crippen LogP contribution in [0.5, 0.6) is 11.5 Å². The predicted molar refractivity (Wildman–Crippen MR) is 144 cm³/mol. The number of alkyl halides is 3. The van der Waals surface area contributed by atoms with Crippen LogP contribution >= 0.6 is 0 Å². The Hall–Kier alpha value is -5.47. The lowest BCUT2D eigenvalue weighted by atomic mass is 9.82. The van der Waals surface area contributed by atoms with E-state index in [-0.39, 0.29) is 17.1 Å². The van der Waals surface area contributed by atoms with Crippen molar-refractivity contribution < 1.29 is 23.4 Å². The minimum atomic E-state index is -4.42. The summed E-state index contributed by atoms with van der Waals surface area (Å²) in [4.78, 5) is 2.43. The van der Waals surface area contributed by atoms with Crippen molar-refractivity contribution >= 4 is 12.4 Å².